The highest BCUT2D eigenvalue weighted by Crippen LogP contribution is 2.44. The highest BCUT2D eigenvalue weighted by molar-refractivity contribution is 8.00. The highest BCUT2D eigenvalue weighted by Gasteiger charge is 2.47. The zero-order valence-electron chi connectivity index (χ0n) is 19.3. The van der Waals surface area contributed by atoms with E-state index in [1.165, 1.54) is 12.1 Å². The maximum absolute atomic E-state index is 13.3. The van der Waals surface area contributed by atoms with E-state index in [1.54, 1.807) is 36.0 Å². The summed E-state index contributed by atoms with van der Waals surface area (Å²) in [6.07, 6.45) is 3.40. The molecule has 2 aromatic rings. The topological polar surface area (TPSA) is 93.0 Å². The van der Waals surface area contributed by atoms with Crippen LogP contribution in [0.3, 0.4) is 0 Å². The van der Waals surface area contributed by atoms with Crippen molar-refractivity contribution < 1.29 is 19.2 Å². The van der Waals surface area contributed by atoms with Gasteiger partial charge in [0.25, 0.3) is 17.5 Å². The molecule has 2 fully saturated rings. The Morgan fingerprint density at radius 2 is 1.79 bits per heavy atom. The summed E-state index contributed by atoms with van der Waals surface area (Å²) in [4.78, 5) is 40.2. The lowest BCUT2D eigenvalue weighted by Gasteiger charge is -2.44. The highest BCUT2D eigenvalue weighted by atomic mass is 32.2. The Morgan fingerprint density at radius 3 is 2.47 bits per heavy atom. The number of hydrogen-bond acceptors (Lipinski definition) is 6. The first-order valence-electron chi connectivity index (χ1n) is 11.7. The van der Waals surface area contributed by atoms with E-state index in [0.717, 1.165) is 24.3 Å². The van der Waals surface area contributed by atoms with Crippen LogP contribution in [0.15, 0.2) is 48.5 Å². The summed E-state index contributed by atoms with van der Waals surface area (Å²) in [6.45, 7) is 4.49. The molecule has 2 amide bonds. The number of thioether (sulfide) groups is 1. The summed E-state index contributed by atoms with van der Waals surface area (Å²) in [7, 11) is 0. The number of hydrogen-bond donors (Lipinski definition) is 0. The van der Waals surface area contributed by atoms with Gasteiger partial charge in [-0.1, -0.05) is 19.4 Å². The van der Waals surface area contributed by atoms with Crippen LogP contribution in [-0.4, -0.2) is 63.4 Å². The minimum absolute atomic E-state index is 0.0190. The van der Waals surface area contributed by atoms with Gasteiger partial charge in [-0.25, -0.2) is 0 Å². The van der Waals surface area contributed by atoms with Crippen LogP contribution in [-0.2, 0) is 0 Å². The van der Waals surface area contributed by atoms with Gasteiger partial charge >= 0.3 is 0 Å². The fourth-order valence-corrected chi connectivity index (χ4v) is 5.94. The molecule has 0 aromatic heterocycles. The van der Waals surface area contributed by atoms with Crippen molar-refractivity contribution in [3.8, 4) is 5.75 Å². The van der Waals surface area contributed by atoms with E-state index in [-0.39, 0.29) is 22.4 Å². The van der Waals surface area contributed by atoms with Crippen LogP contribution in [0.25, 0.3) is 0 Å². The first kappa shape index (κ1) is 24.1. The van der Waals surface area contributed by atoms with Crippen LogP contribution < -0.4 is 4.74 Å². The number of nitrogens with zero attached hydrogens (tertiary/aromatic N) is 3. The number of benzene rings is 2. The molecule has 0 radical (unpaired) electrons. The van der Waals surface area contributed by atoms with Gasteiger partial charge in [0.05, 0.1) is 16.4 Å². The Kier molecular flexibility index (Phi) is 7.41. The number of unbranched alkanes of at least 4 members (excludes halogenated alkanes) is 1. The van der Waals surface area contributed by atoms with Gasteiger partial charge in [0.1, 0.15) is 5.75 Å². The van der Waals surface area contributed by atoms with Gasteiger partial charge in [-0.05, 0) is 49.6 Å². The lowest BCUT2D eigenvalue weighted by atomic mass is 10.00. The molecule has 2 aliphatic heterocycles. The van der Waals surface area contributed by atoms with Crippen molar-refractivity contribution in [2.75, 3.05) is 32.0 Å². The van der Waals surface area contributed by atoms with Crippen LogP contribution in [0.4, 0.5) is 5.69 Å². The maximum atomic E-state index is 13.3. The number of nitro benzene ring substituents is 1. The molecule has 2 saturated heterocycles. The molecule has 0 N–H and O–H groups in total. The average molecular weight is 484 g/mol. The molecule has 0 atom stereocenters. The van der Waals surface area contributed by atoms with E-state index in [2.05, 4.69) is 6.92 Å². The van der Waals surface area contributed by atoms with Crippen molar-refractivity contribution in [2.24, 2.45) is 0 Å². The van der Waals surface area contributed by atoms with E-state index < -0.39 is 4.92 Å². The second-order valence-corrected chi connectivity index (χ2v) is 10.0. The van der Waals surface area contributed by atoms with Crippen molar-refractivity contribution in [3.05, 3.63) is 69.8 Å². The quantitative estimate of drug-likeness (QED) is 0.325. The summed E-state index contributed by atoms with van der Waals surface area (Å²) in [5.74, 6) is 1.37. The largest absolute Gasteiger partial charge is 0.494 e. The van der Waals surface area contributed by atoms with E-state index in [0.29, 0.717) is 50.2 Å². The molecule has 2 heterocycles. The molecule has 9 heteroatoms. The number of carbonyl (C=O) groups excluding carboxylic acids is 2. The number of amides is 2. The number of carbonyl (C=O) groups is 2. The van der Waals surface area contributed by atoms with Crippen LogP contribution in [0.5, 0.6) is 5.75 Å². The van der Waals surface area contributed by atoms with Crippen LogP contribution in [0.1, 0.15) is 53.3 Å². The average Bonchev–Trinajstić information content (AvgIpc) is 3.27. The Balaban J connectivity index is 1.40. The smallest absolute Gasteiger partial charge is 0.270 e. The lowest BCUT2D eigenvalue weighted by Crippen LogP contribution is -2.53. The molecule has 4 rings (SSSR count). The van der Waals surface area contributed by atoms with E-state index in [9.17, 15) is 19.7 Å². The standard InChI is InChI=1S/C25H29N3O5S/c1-2-3-16-33-22-9-7-19(8-10-22)23(29)26-13-11-25(12-14-26)27(15-17-34-25)24(30)20-5-4-6-21(18-20)28(31)32/h4-10,18H,2-3,11-17H2,1H3. The maximum Gasteiger partial charge on any atom is 0.270 e. The summed E-state index contributed by atoms with van der Waals surface area (Å²) < 4.78 is 5.68. The van der Waals surface area contributed by atoms with Crippen molar-refractivity contribution in [1.82, 2.24) is 9.80 Å². The van der Waals surface area contributed by atoms with Gasteiger partial charge in [-0.3, -0.25) is 19.7 Å². The number of likely N-dealkylation sites (tertiary alicyclic amines) is 1. The third-order valence-electron chi connectivity index (χ3n) is 6.43. The van der Waals surface area contributed by atoms with E-state index >= 15 is 0 Å². The van der Waals surface area contributed by atoms with Crippen LogP contribution in [0.2, 0.25) is 0 Å². The van der Waals surface area contributed by atoms with Gasteiger partial charge in [-0.15, -0.1) is 11.8 Å². The Labute approximate surface area is 203 Å². The fourth-order valence-electron chi connectivity index (χ4n) is 4.49. The van der Waals surface area contributed by atoms with Crippen LogP contribution in [0, 0.1) is 10.1 Å². The summed E-state index contributed by atoms with van der Waals surface area (Å²) in [5.41, 5.74) is 0.868. The lowest BCUT2D eigenvalue weighted by molar-refractivity contribution is -0.384. The monoisotopic (exact) mass is 483 g/mol. The van der Waals surface area contributed by atoms with Gasteiger partial charge in [-0.2, -0.15) is 0 Å². The van der Waals surface area contributed by atoms with E-state index in [4.69, 9.17) is 4.74 Å². The zero-order chi connectivity index (χ0) is 24.1. The zero-order valence-corrected chi connectivity index (χ0v) is 20.1. The number of ether oxygens (including phenoxy) is 1. The molecular formula is C25H29N3O5S. The summed E-state index contributed by atoms with van der Waals surface area (Å²) >= 11 is 1.74. The molecular weight excluding hydrogens is 454 g/mol. The Bertz CT molecular complexity index is 1050. The van der Waals surface area contributed by atoms with Gasteiger partial charge in [0.2, 0.25) is 0 Å². The number of non-ortho nitro benzene ring substituents is 1. The molecule has 34 heavy (non-hydrogen) atoms. The molecule has 2 aromatic carbocycles. The van der Waals surface area contributed by atoms with Crippen LogP contribution >= 0.6 is 11.8 Å². The van der Waals surface area contributed by atoms with Crippen molar-refractivity contribution >= 4 is 29.3 Å². The minimum Gasteiger partial charge on any atom is -0.494 e. The third-order valence-corrected chi connectivity index (χ3v) is 7.98. The number of rotatable bonds is 7. The number of piperidine rings is 1. The second-order valence-electron chi connectivity index (χ2n) is 8.58. The summed E-state index contributed by atoms with van der Waals surface area (Å²) in [6, 6.07) is 13.2. The van der Waals surface area contributed by atoms with Gasteiger partial charge < -0.3 is 14.5 Å². The SMILES string of the molecule is CCCCOc1ccc(C(=O)N2CCC3(CC2)SCCN3C(=O)c2cccc([N+](=O)[O-])c2)cc1. The summed E-state index contributed by atoms with van der Waals surface area (Å²) in [5, 5.41) is 11.1. The molecule has 180 valence electrons. The van der Waals surface area contributed by atoms with Crippen molar-refractivity contribution in [2.45, 2.75) is 37.5 Å². The minimum atomic E-state index is -0.487. The van der Waals surface area contributed by atoms with Crippen molar-refractivity contribution in [3.63, 3.8) is 0 Å². The molecule has 1 spiro atoms. The number of nitro groups is 1. The first-order chi connectivity index (χ1) is 16.4. The first-order valence-corrected chi connectivity index (χ1v) is 12.6. The molecule has 0 aliphatic carbocycles. The molecule has 0 bridgehead atoms. The normalized spacial score (nSPS) is 17.1. The predicted octanol–water partition coefficient (Wildman–Crippen LogP) is 4.60. The fraction of sp³-hybridized carbons (Fsp3) is 0.440. The third kappa shape index (κ3) is 5.04. The second kappa shape index (κ2) is 10.5. The molecule has 8 nitrogen and oxygen atoms in total. The molecule has 0 saturated carbocycles. The van der Waals surface area contributed by atoms with Gasteiger partial charge in [0.15, 0.2) is 0 Å². The van der Waals surface area contributed by atoms with Crippen molar-refractivity contribution in [1.29, 1.82) is 0 Å². The van der Waals surface area contributed by atoms with Gasteiger partial charge in [0, 0.05) is 48.6 Å². The van der Waals surface area contributed by atoms with E-state index in [1.807, 2.05) is 21.9 Å². The Morgan fingerprint density at radius 1 is 1.06 bits per heavy atom. The Hall–Kier alpha value is -3.07. The molecule has 2 aliphatic rings. The predicted molar refractivity (Wildman–Crippen MR) is 131 cm³/mol. The molecule has 0 unspecified atom stereocenters.